The van der Waals surface area contributed by atoms with Gasteiger partial charge in [-0.3, -0.25) is 14.9 Å². The predicted molar refractivity (Wildman–Crippen MR) is 266 cm³/mol. The Morgan fingerprint density at radius 2 is 1.07 bits per heavy atom. The Morgan fingerprint density at radius 3 is 1.66 bits per heavy atom. The summed E-state index contributed by atoms with van der Waals surface area (Å²) >= 11 is 0. The average molecular weight is 890 g/mol. The predicted octanol–water partition coefficient (Wildman–Crippen LogP) is 10.4. The van der Waals surface area contributed by atoms with Gasteiger partial charge in [0.1, 0.15) is 16.9 Å². The van der Waals surface area contributed by atoms with E-state index in [9.17, 15) is 9.59 Å². The van der Waals surface area contributed by atoms with Gasteiger partial charge in [-0.15, -0.1) is 0 Å². The second-order valence-electron chi connectivity index (χ2n) is 16.9. The molecule has 11 heteroatoms. The van der Waals surface area contributed by atoms with Gasteiger partial charge in [0.2, 0.25) is 17.7 Å². The molecule has 4 heterocycles. The van der Waals surface area contributed by atoms with Crippen molar-refractivity contribution in [2.24, 2.45) is 0 Å². The van der Waals surface area contributed by atoms with E-state index in [1.54, 1.807) is 0 Å². The van der Waals surface area contributed by atoms with Gasteiger partial charge in [-0.2, -0.15) is 0 Å². The summed E-state index contributed by atoms with van der Waals surface area (Å²) in [5, 5.41) is 16.6. The molecule has 6 aromatic carbocycles. The van der Waals surface area contributed by atoms with Crippen LogP contribution in [0.2, 0.25) is 0 Å². The largest absolute Gasteiger partial charge is 0.461 e. The summed E-state index contributed by atoms with van der Waals surface area (Å²) in [6.45, 7) is 5.01. The molecule has 2 amide bonds. The molecule has 0 radical (unpaired) electrons. The Balaban J connectivity index is 0.000000168. The van der Waals surface area contributed by atoms with Gasteiger partial charge in [-0.1, -0.05) is 127 Å². The van der Waals surface area contributed by atoms with Crippen LogP contribution < -0.4 is 21.3 Å². The molecule has 10 aromatic rings. The second-order valence-corrected chi connectivity index (χ2v) is 16.9. The van der Waals surface area contributed by atoms with Crippen molar-refractivity contribution < 1.29 is 18.4 Å². The molecule has 4 unspecified atom stereocenters. The van der Waals surface area contributed by atoms with E-state index in [-0.39, 0.29) is 29.9 Å². The van der Waals surface area contributed by atoms with Crippen molar-refractivity contribution in [3.8, 4) is 0 Å². The maximum absolute atomic E-state index is 13.4. The molecular weight excluding hydrogens is 835 g/mol. The number of oxazole rings is 1. The number of furan rings is 1. The van der Waals surface area contributed by atoms with Crippen LogP contribution in [0.5, 0.6) is 0 Å². The highest BCUT2D eigenvalue weighted by Crippen LogP contribution is 2.23. The molecule has 0 saturated heterocycles. The van der Waals surface area contributed by atoms with E-state index in [0.717, 1.165) is 71.9 Å². The number of fused-ring (bicyclic) bond motifs is 4. The molecule has 0 bridgehead atoms. The van der Waals surface area contributed by atoms with Gasteiger partial charge < -0.3 is 34.8 Å². The number of para-hydroxylation sites is 5. The van der Waals surface area contributed by atoms with Crippen LogP contribution in [0.4, 0.5) is 0 Å². The minimum atomic E-state index is -0.453. The van der Waals surface area contributed by atoms with Gasteiger partial charge >= 0.3 is 0 Å². The van der Waals surface area contributed by atoms with Gasteiger partial charge in [0.05, 0.1) is 30.7 Å². The summed E-state index contributed by atoms with van der Waals surface area (Å²) in [5.41, 5.74) is 8.94. The Labute approximate surface area is 389 Å². The summed E-state index contributed by atoms with van der Waals surface area (Å²) in [7, 11) is 0. The van der Waals surface area contributed by atoms with E-state index in [4.69, 9.17) is 8.83 Å². The van der Waals surface area contributed by atoms with Crippen LogP contribution in [0.15, 0.2) is 185 Å². The van der Waals surface area contributed by atoms with Crippen molar-refractivity contribution in [2.45, 2.75) is 63.8 Å². The first-order valence-corrected chi connectivity index (χ1v) is 22.9. The monoisotopic (exact) mass is 889 g/mol. The van der Waals surface area contributed by atoms with Gasteiger partial charge in [0.15, 0.2) is 5.58 Å². The topological polar surface area (TPSA) is 153 Å². The second kappa shape index (κ2) is 21.1. The third-order valence-electron chi connectivity index (χ3n) is 12.2. The molecule has 4 atom stereocenters. The van der Waals surface area contributed by atoms with Crippen LogP contribution in [0.25, 0.3) is 43.9 Å². The van der Waals surface area contributed by atoms with Crippen LogP contribution >= 0.6 is 0 Å². The SMILES string of the molecule is CC(NC(=O)C(Cc1c[nH]c2ccccc12)NCCc1cc2ccccc2o1)c1ccccc1.CC(NC(=O)C(Cc1c[nH]c2ccccc12)NCc1nc2ccccc2o1)c1ccccc1. The van der Waals surface area contributed by atoms with Gasteiger partial charge in [0, 0.05) is 52.6 Å². The molecule has 0 aliphatic rings. The number of rotatable bonds is 17. The number of H-pyrrole nitrogens is 2. The van der Waals surface area contributed by atoms with Gasteiger partial charge in [-0.25, -0.2) is 4.98 Å². The van der Waals surface area contributed by atoms with Crippen LogP contribution in [0, 0.1) is 0 Å². The summed E-state index contributed by atoms with van der Waals surface area (Å²) < 4.78 is 11.8. The van der Waals surface area contributed by atoms with Crippen LogP contribution in [0.1, 0.15) is 59.8 Å². The Morgan fingerprint density at radius 1 is 0.567 bits per heavy atom. The number of hydrogen-bond donors (Lipinski definition) is 6. The van der Waals surface area contributed by atoms with Crippen LogP contribution in [-0.4, -0.2) is 45.4 Å². The molecule has 0 saturated carbocycles. The average Bonchev–Trinajstić information content (AvgIpc) is 4.18. The number of benzene rings is 6. The van der Waals surface area contributed by atoms with E-state index in [1.165, 1.54) is 0 Å². The molecule has 4 aromatic heterocycles. The molecule has 0 aliphatic carbocycles. The molecule has 0 aliphatic heterocycles. The van der Waals surface area contributed by atoms with Crippen molar-refractivity contribution in [3.05, 3.63) is 210 Å². The Hall–Kier alpha value is -7.73. The molecule has 11 nitrogen and oxygen atoms in total. The highest BCUT2D eigenvalue weighted by molar-refractivity contribution is 5.87. The lowest BCUT2D eigenvalue weighted by atomic mass is 10.0. The number of hydrogen-bond acceptors (Lipinski definition) is 7. The molecule has 338 valence electrons. The number of nitrogens with zero attached hydrogens (tertiary/aromatic N) is 1. The van der Waals surface area contributed by atoms with E-state index in [0.29, 0.717) is 38.2 Å². The maximum Gasteiger partial charge on any atom is 0.237 e. The fourth-order valence-corrected chi connectivity index (χ4v) is 8.57. The summed E-state index contributed by atoms with van der Waals surface area (Å²) in [6, 6.07) is 53.1. The van der Waals surface area contributed by atoms with Crippen molar-refractivity contribution in [2.75, 3.05) is 6.54 Å². The Bertz CT molecular complexity index is 3120. The normalized spacial score (nSPS) is 13.2. The van der Waals surface area contributed by atoms with Crippen LogP contribution in [-0.2, 0) is 35.4 Å². The number of aromatic nitrogens is 3. The number of carbonyl (C=O) groups is 2. The van der Waals surface area contributed by atoms with E-state index in [1.807, 2.05) is 166 Å². The first-order chi connectivity index (χ1) is 32.8. The molecule has 6 N–H and O–H groups in total. The highest BCUT2D eigenvalue weighted by atomic mass is 16.3. The number of carbonyl (C=O) groups excluding carboxylic acids is 2. The third kappa shape index (κ3) is 11.0. The number of nitrogens with one attached hydrogen (secondary N) is 6. The number of aromatic amines is 2. The third-order valence-corrected chi connectivity index (χ3v) is 12.2. The lowest BCUT2D eigenvalue weighted by Gasteiger charge is -2.21. The zero-order chi connectivity index (χ0) is 46.0. The highest BCUT2D eigenvalue weighted by Gasteiger charge is 2.24. The summed E-state index contributed by atoms with van der Waals surface area (Å²) in [5.74, 6) is 1.40. The quantitative estimate of drug-likeness (QED) is 0.0532. The zero-order valence-corrected chi connectivity index (χ0v) is 37.7. The van der Waals surface area contributed by atoms with Crippen LogP contribution in [0.3, 0.4) is 0 Å². The molecule has 0 fully saturated rings. The number of amides is 2. The van der Waals surface area contributed by atoms with Crippen molar-refractivity contribution >= 4 is 55.7 Å². The summed E-state index contributed by atoms with van der Waals surface area (Å²) in [4.78, 5) is 37.9. The maximum atomic E-state index is 13.4. The van der Waals surface area contributed by atoms with Gasteiger partial charge in [0.25, 0.3) is 0 Å². The fraction of sp³-hybridized carbons (Fsp3) is 0.196. The van der Waals surface area contributed by atoms with Crippen molar-refractivity contribution in [1.82, 2.24) is 36.2 Å². The minimum Gasteiger partial charge on any atom is -0.461 e. The fourth-order valence-electron chi connectivity index (χ4n) is 8.57. The molecular formula is C56H55N7O4. The van der Waals surface area contributed by atoms with Gasteiger partial charge in [-0.05, 0) is 85.3 Å². The molecule has 0 spiro atoms. The molecule has 10 rings (SSSR count). The lowest BCUT2D eigenvalue weighted by Crippen LogP contribution is -2.46. The zero-order valence-electron chi connectivity index (χ0n) is 37.7. The standard InChI is InChI=1S/C29H29N3O2.C27H26N4O2/c1-20(21-9-3-2-4-10-21)32-29(33)27(18-23-19-31-26-13-7-6-12-25(23)26)30-16-15-24-17-22-11-5-8-14-28(22)34-24;1-18(19-9-3-2-4-10-19)30-27(32)24(15-20-16-28-22-12-6-5-11-21(20)22)29-17-26-31-23-13-7-8-14-25(23)33-26/h2-14,17,19-20,27,30-31H,15-16,18H2,1H3,(H,32,33);2-14,16,18,24,28-29H,15,17H2,1H3,(H,30,32). The smallest absolute Gasteiger partial charge is 0.237 e. The lowest BCUT2D eigenvalue weighted by molar-refractivity contribution is -0.124. The summed E-state index contributed by atoms with van der Waals surface area (Å²) in [6.07, 6.45) is 5.83. The van der Waals surface area contributed by atoms with Crippen molar-refractivity contribution in [1.29, 1.82) is 0 Å². The van der Waals surface area contributed by atoms with E-state index < -0.39 is 6.04 Å². The van der Waals surface area contributed by atoms with E-state index in [2.05, 4.69) is 60.5 Å². The first-order valence-electron chi connectivity index (χ1n) is 22.9. The first kappa shape index (κ1) is 44.5. The molecule has 67 heavy (non-hydrogen) atoms. The minimum absolute atomic E-state index is 0.00811. The Kier molecular flexibility index (Phi) is 14.0. The van der Waals surface area contributed by atoms with E-state index >= 15 is 0 Å². The van der Waals surface area contributed by atoms with Crippen molar-refractivity contribution in [3.63, 3.8) is 0 Å².